The third-order valence-electron chi connectivity index (χ3n) is 7.98. The number of hydrogen-bond donors (Lipinski definition) is 3. The number of ether oxygens (including phenoxy) is 1. The molecule has 0 radical (unpaired) electrons. The Kier molecular flexibility index (Phi) is 8.50. The molecule has 1 heterocycles. The van der Waals surface area contributed by atoms with Crippen LogP contribution in [0.1, 0.15) is 41.9 Å². The maximum atomic E-state index is 13.7. The zero-order valence-corrected chi connectivity index (χ0v) is 22.9. The average molecular weight is 554 g/mol. The molecule has 0 bridgehead atoms. The molecule has 2 atom stereocenters. The molecule has 8 heteroatoms. The van der Waals surface area contributed by atoms with Crippen LogP contribution in [0.2, 0.25) is 0 Å². The predicted octanol–water partition coefficient (Wildman–Crippen LogP) is 4.71. The van der Waals surface area contributed by atoms with Gasteiger partial charge in [0.2, 0.25) is 5.91 Å². The first kappa shape index (κ1) is 28.1. The van der Waals surface area contributed by atoms with Gasteiger partial charge in [0.1, 0.15) is 18.2 Å². The van der Waals surface area contributed by atoms with Crippen molar-refractivity contribution in [1.29, 1.82) is 0 Å². The van der Waals surface area contributed by atoms with Gasteiger partial charge in [-0.1, -0.05) is 84.9 Å². The standard InChI is InChI=1S/C33H35N3O5/c1-2-3-17-29(30(37)38)34-31(39)33(18-19-36(22-33)20-23-11-5-4-6-12-23)35-32(40)41-21-28-26-15-9-7-13-24(26)25-14-8-10-16-27(25)28/h2,4-16,28-29H,1,3,17-22H2,(H,34,39)(H,35,40)(H,37,38). The van der Waals surface area contributed by atoms with Gasteiger partial charge in [0.25, 0.3) is 0 Å². The first-order chi connectivity index (χ1) is 19.9. The van der Waals surface area contributed by atoms with Crippen molar-refractivity contribution in [2.45, 2.75) is 43.3 Å². The van der Waals surface area contributed by atoms with Gasteiger partial charge in [0.15, 0.2) is 0 Å². The third kappa shape index (κ3) is 6.18. The van der Waals surface area contributed by atoms with Crippen molar-refractivity contribution in [3.63, 3.8) is 0 Å². The maximum Gasteiger partial charge on any atom is 0.408 e. The number of hydrogen-bond acceptors (Lipinski definition) is 5. The highest BCUT2D eigenvalue weighted by Gasteiger charge is 2.47. The van der Waals surface area contributed by atoms with E-state index in [4.69, 9.17) is 4.74 Å². The molecule has 1 saturated heterocycles. The van der Waals surface area contributed by atoms with Crippen LogP contribution in [0, 0.1) is 0 Å². The van der Waals surface area contributed by atoms with Crippen molar-refractivity contribution in [1.82, 2.24) is 15.5 Å². The summed E-state index contributed by atoms with van der Waals surface area (Å²) in [6.45, 7) is 5.14. The van der Waals surface area contributed by atoms with Crippen LogP contribution >= 0.6 is 0 Å². The summed E-state index contributed by atoms with van der Waals surface area (Å²) >= 11 is 0. The number of fused-ring (bicyclic) bond motifs is 3. The largest absolute Gasteiger partial charge is 0.480 e. The second-order valence-corrected chi connectivity index (χ2v) is 10.7. The normalized spacial score (nSPS) is 18.6. The number of carboxylic acid groups (broad SMARTS) is 1. The van der Waals surface area contributed by atoms with Crippen LogP contribution in [0.3, 0.4) is 0 Å². The molecular weight excluding hydrogens is 518 g/mol. The minimum atomic E-state index is -1.33. The summed E-state index contributed by atoms with van der Waals surface area (Å²) in [6, 6.07) is 24.9. The molecular formula is C33H35N3O5. The molecule has 2 unspecified atom stereocenters. The summed E-state index contributed by atoms with van der Waals surface area (Å²) in [5.41, 5.74) is 4.18. The zero-order valence-electron chi connectivity index (χ0n) is 22.9. The van der Waals surface area contributed by atoms with Crippen molar-refractivity contribution < 1.29 is 24.2 Å². The van der Waals surface area contributed by atoms with Crippen LogP contribution in [-0.4, -0.2) is 59.3 Å². The number of carboxylic acids is 1. The van der Waals surface area contributed by atoms with Gasteiger partial charge in [0, 0.05) is 25.6 Å². The lowest BCUT2D eigenvalue weighted by Gasteiger charge is -2.30. The average Bonchev–Trinajstić information content (AvgIpc) is 3.53. The number of carbonyl (C=O) groups is 3. The molecule has 0 aromatic heterocycles. The summed E-state index contributed by atoms with van der Waals surface area (Å²) in [5.74, 6) is -1.78. The molecule has 1 aliphatic heterocycles. The second kappa shape index (κ2) is 12.4. The van der Waals surface area contributed by atoms with Crippen LogP contribution in [-0.2, 0) is 20.9 Å². The molecule has 212 valence electrons. The Balaban J connectivity index is 1.31. The van der Waals surface area contributed by atoms with E-state index in [-0.39, 0.29) is 25.5 Å². The van der Waals surface area contributed by atoms with Crippen LogP contribution in [0.5, 0.6) is 0 Å². The summed E-state index contributed by atoms with van der Waals surface area (Å²) in [6.07, 6.45) is 1.87. The molecule has 3 N–H and O–H groups in total. The SMILES string of the molecule is C=CCCC(NC(=O)C1(NC(=O)OCC2c3ccccc3-c3ccccc32)CCN(Cc2ccccc2)C1)C(=O)O. The van der Waals surface area contributed by atoms with Gasteiger partial charge in [0.05, 0.1) is 0 Å². The number of benzene rings is 3. The Morgan fingerprint density at radius 2 is 1.63 bits per heavy atom. The summed E-state index contributed by atoms with van der Waals surface area (Å²) in [5, 5.41) is 15.2. The number of allylic oxidation sites excluding steroid dienone is 1. The Bertz CT molecular complexity index is 1380. The quantitative estimate of drug-likeness (QED) is 0.297. The molecule has 2 aliphatic rings. The minimum Gasteiger partial charge on any atom is -0.480 e. The Morgan fingerprint density at radius 1 is 1.00 bits per heavy atom. The van der Waals surface area contributed by atoms with Crippen molar-refractivity contribution in [2.75, 3.05) is 19.7 Å². The van der Waals surface area contributed by atoms with E-state index in [1.807, 2.05) is 66.7 Å². The fraction of sp³-hybridized carbons (Fsp3) is 0.303. The van der Waals surface area contributed by atoms with Crippen LogP contribution < -0.4 is 10.6 Å². The van der Waals surface area contributed by atoms with Crippen LogP contribution in [0.25, 0.3) is 11.1 Å². The Hall–Kier alpha value is -4.43. The second-order valence-electron chi connectivity index (χ2n) is 10.7. The number of carbonyl (C=O) groups excluding carboxylic acids is 2. The lowest BCUT2D eigenvalue weighted by Crippen LogP contribution is -2.62. The van der Waals surface area contributed by atoms with Crippen molar-refractivity contribution in [3.8, 4) is 11.1 Å². The summed E-state index contributed by atoms with van der Waals surface area (Å²) in [4.78, 5) is 40.9. The van der Waals surface area contributed by atoms with Crippen molar-refractivity contribution in [3.05, 3.63) is 108 Å². The van der Waals surface area contributed by atoms with E-state index in [2.05, 4.69) is 34.2 Å². The molecule has 3 aromatic carbocycles. The molecule has 2 amide bonds. The third-order valence-corrected chi connectivity index (χ3v) is 7.98. The van der Waals surface area contributed by atoms with E-state index in [1.54, 1.807) is 6.08 Å². The molecule has 1 aliphatic carbocycles. The Labute approximate surface area is 240 Å². The highest BCUT2D eigenvalue weighted by atomic mass is 16.5. The smallest absolute Gasteiger partial charge is 0.408 e. The number of nitrogens with one attached hydrogen (secondary N) is 2. The summed E-state index contributed by atoms with van der Waals surface area (Å²) in [7, 11) is 0. The van der Waals surface area contributed by atoms with Gasteiger partial charge in [-0.3, -0.25) is 9.69 Å². The number of aliphatic carboxylic acids is 1. The van der Waals surface area contributed by atoms with Gasteiger partial charge >= 0.3 is 12.1 Å². The van der Waals surface area contributed by atoms with E-state index in [1.165, 1.54) is 0 Å². The van der Waals surface area contributed by atoms with Gasteiger partial charge in [-0.05, 0) is 47.1 Å². The highest BCUT2D eigenvalue weighted by molar-refractivity contribution is 5.93. The van der Waals surface area contributed by atoms with E-state index in [9.17, 15) is 19.5 Å². The first-order valence-corrected chi connectivity index (χ1v) is 13.9. The molecule has 0 saturated carbocycles. The fourth-order valence-corrected chi connectivity index (χ4v) is 5.88. The molecule has 1 fully saturated rings. The van der Waals surface area contributed by atoms with Gasteiger partial charge < -0.3 is 20.5 Å². The van der Waals surface area contributed by atoms with Crippen molar-refractivity contribution >= 4 is 18.0 Å². The molecule has 8 nitrogen and oxygen atoms in total. The van der Waals surface area contributed by atoms with E-state index < -0.39 is 29.6 Å². The van der Waals surface area contributed by atoms with Gasteiger partial charge in [-0.15, -0.1) is 6.58 Å². The maximum absolute atomic E-state index is 13.7. The van der Waals surface area contributed by atoms with Crippen molar-refractivity contribution in [2.24, 2.45) is 0 Å². The fourth-order valence-electron chi connectivity index (χ4n) is 5.88. The monoisotopic (exact) mass is 553 g/mol. The first-order valence-electron chi connectivity index (χ1n) is 13.9. The van der Waals surface area contributed by atoms with Gasteiger partial charge in [-0.25, -0.2) is 9.59 Å². The predicted molar refractivity (Wildman–Crippen MR) is 156 cm³/mol. The number of nitrogens with zero attached hydrogens (tertiary/aromatic N) is 1. The molecule has 0 spiro atoms. The molecule has 3 aromatic rings. The van der Waals surface area contributed by atoms with Gasteiger partial charge in [-0.2, -0.15) is 0 Å². The minimum absolute atomic E-state index is 0.113. The Morgan fingerprint density at radius 3 is 2.27 bits per heavy atom. The molecule has 41 heavy (non-hydrogen) atoms. The van der Waals surface area contributed by atoms with E-state index in [0.29, 0.717) is 25.9 Å². The lowest BCUT2D eigenvalue weighted by atomic mass is 9.96. The van der Waals surface area contributed by atoms with E-state index in [0.717, 1.165) is 27.8 Å². The van der Waals surface area contributed by atoms with E-state index >= 15 is 0 Å². The zero-order chi connectivity index (χ0) is 28.8. The van der Waals surface area contributed by atoms with Crippen LogP contribution in [0.15, 0.2) is 91.5 Å². The highest BCUT2D eigenvalue weighted by Crippen LogP contribution is 2.44. The number of likely N-dealkylation sites (tertiary alicyclic amines) is 1. The summed E-state index contributed by atoms with van der Waals surface area (Å²) < 4.78 is 5.77. The van der Waals surface area contributed by atoms with Crippen LogP contribution in [0.4, 0.5) is 4.79 Å². The lowest BCUT2D eigenvalue weighted by molar-refractivity contribution is -0.143. The topological polar surface area (TPSA) is 108 Å². The number of alkyl carbamates (subject to hydrolysis) is 1. The molecule has 5 rings (SSSR count). The number of amides is 2. The number of rotatable bonds is 11.